The molecule has 0 saturated carbocycles. The summed E-state index contributed by atoms with van der Waals surface area (Å²) in [6.07, 6.45) is 1.89. The van der Waals surface area contributed by atoms with Crippen LogP contribution in [-0.4, -0.2) is 23.5 Å². The van der Waals surface area contributed by atoms with Crippen LogP contribution in [0.4, 0.5) is 15.9 Å². The van der Waals surface area contributed by atoms with Gasteiger partial charge in [-0.3, -0.25) is 4.40 Å². The lowest BCUT2D eigenvalue weighted by atomic mass is 10.1. The Morgan fingerprint density at radius 2 is 2.00 bits per heavy atom. The van der Waals surface area contributed by atoms with Crippen LogP contribution in [0.1, 0.15) is 0 Å². The Balaban J connectivity index is 2.22. The van der Waals surface area contributed by atoms with Crippen LogP contribution in [0.25, 0.3) is 16.9 Å². The molecule has 4 nitrogen and oxygen atoms in total. The minimum absolute atomic E-state index is 0.354. The van der Waals surface area contributed by atoms with E-state index in [1.165, 1.54) is 6.07 Å². The molecule has 0 amide bonds. The lowest BCUT2D eigenvalue weighted by Gasteiger charge is -2.12. The summed E-state index contributed by atoms with van der Waals surface area (Å²) in [6, 6.07) is 8.66. The van der Waals surface area contributed by atoms with Crippen molar-refractivity contribution in [3.05, 3.63) is 46.8 Å². The number of benzene rings is 1. The second-order valence-corrected chi connectivity index (χ2v) is 5.90. The molecule has 3 aromatic rings. The Bertz CT molecular complexity index is 826. The summed E-state index contributed by atoms with van der Waals surface area (Å²) < 4.78 is 16.6. The molecule has 3 rings (SSSR count). The van der Waals surface area contributed by atoms with Crippen LogP contribution in [0, 0.1) is 5.82 Å². The highest BCUT2D eigenvalue weighted by Gasteiger charge is 2.15. The number of anilines is 2. The van der Waals surface area contributed by atoms with Crippen LogP contribution in [0.2, 0.25) is 0 Å². The fourth-order valence-electron chi connectivity index (χ4n) is 2.20. The van der Waals surface area contributed by atoms with Crippen LogP contribution in [0.3, 0.4) is 0 Å². The normalized spacial score (nSPS) is 11.0. The van der Waals surface area contributed by atoms with E-state index in [1.807, 2.05) is 37.3 Å². The molecule has 6 heteroatoms. The Hall–Kier alpha value is -2.08. The van der Waals surface area contributed by atoms with E-state index in [4.69, 9.17) is 5.73 Å². The van der Waals surface area contributed by atoms with Crippen molar-refractivity contribution in [2.24, 2.45) is 0 Å². The number of hydrogen-bond acceptors (Lipinski definition) is 3. The molecule has 0 aliphatic heterocycles. The van der Waals surface area contributed by atoms with Gasteiger partial charge >= 0.3 is 0 Å². The molecule has 0 bridgehead atoms. The largest absolute Gasteiger partial charge is 0.383 e. The third kappa shape index (κ3) is 2.35. The molecule has 2 N–H and O–H groups in total. The van der Waals surface area contributed by atoms with E-state index in [-0.39, 0.29) is 5.82 Å². The summed E-state index contributed by atoms with van der Waals surface area (Å²) in [4.78, 5) is 6.41. The number of nitrogen functional groups attached to an aromatic ring is 1. The van der Waals surface area contributed by atoms with E-state index >= 15 is 0 Å². The van der Waals surface area contributed by atoms with Gasteiger partial charge in [0, 0.05) is 30.3 Å². The SMILES string of the molecule is CN(C)c1ccc2nc(-c3ccc(Br)cc3F)c(N)n2c1. The summed E-state index contributed by atoms with van der Waals surface area (Å²) in [5, 5.41) is 0. The van der Waals surface area contributed by atoms with Gasteiger partial charge in [-0.05, 0) is 30.3 Å². The van der Waals surface area contributed by atoms with Crippen molar-refractivity contribution in [1.29, 1.82) is 0 Å². The van der Waals surface area contributed by atoms with Crippen LogP contribution >= 0.6 is 15.9 Å². The third-order valence-electron chi connectivity index (χ3n) is 3.34. The number of nitrogens with two attached hydrogens (primary N) is 1. The first kappa shape index (κ1) is 13.9. The number of aromatic nitrogens is 2. The first-order valence-corrected chi connectivity index (χ1v) is 7.17. The second kappa shape index (κ2) is 5.04. The van der Waals surface area contributed by atoms with Crippen molar-refractivity contribution in [2.45, 2.75) is 0 Å². The molecule has 0 saturated heterocycles. The van der Waals surface area contributed by atoms with Crippen molar-refractivity contribution in [1.82, 2.24) is 9.38 Å². The number of pyridine rings is 1. The monoisotopic (exact) mass is 348 g/mol. The fraction of sp³-hybridized carbons (Fsp3) is 0.133. The van der Waals surface area contributed by atoms with Crippen molar-refractivity contribution >= 4 is 33.1 Å². The molecule has 21 heavy (non-hydrogen) atoms. The van der Waals surface area contributed by atoms with Crippen LogP contribution in [-0.2, 0) is 0 Å². The zero-order valence-corrected chi connectivity index (χ0v) is 13.2. The molecule has 0 atom stereocenters. The maximum Gasteiger partial charge on any atom is 0.139 e. The Morgan fingerprint density at radius 1 is 1.24 bits per heavy atom. The highest BCUT2D eigenvalue weighted by Crippen LogP contribution is 2.31. The van der Waals surface area contributed by atoms with Crippen molar-refractivity contribution in [3.8, 4) is 11.3 Å². The number of hydrogen-bond donors (Lipinski definition) is 1. The standard InChI is InChI=1S/C15H14BrFN4/c1-20(2)10-4-6-13-19-14(15(18)21(13)8-10)11-5-3-9(16)7-12(11)17/h3-8H,18H2,1-2H3. The topological polar surface area (TPSA) is 46.6 Å². The molecule has 0 aliphatic rings. The predicted octanol–water partition coefficient (Wildman–Crippen LogP) is 3.55. The number of halogens is 2. The number of nitrogens with zero attached hydrogens (tertiary/aromatic N) is 3. The summed E-state index contributed by atoms with van der Waals surface area (Å²) in [5.41, 5.74) is 8.68. The fourth-order valence-corrected chi connectivity index (χ4v) is 2.53. The molecule has 0 aliphatic carbocycles. The highest BCUT2D eigenvalue weighted by molar-refractivity contribution is 9.10. The molecule has 0 unspecified atom stereocenters. The lowest BCUT2D eigenvalue weighted by molar-refractivity contribution is 0.630. The maximum atomic E-state index is 14.1. The van der Waals surface area contributed by atoms with E-state index in [1.54, 1.807) is 16.5 Å². The zero-order chi connectivity index (χ0) is 15.1. The zero-order valence-electron chi connectivity index (χ0n) is 11.6. The van der Waals surface area contributed by atoms with Gasteiger partial charge in [-0.2, -0.15) is 0 Å². The summed E-state index contributed by atoms with van der Waals surface area (Å²) >= 11 is 3.25. The average molecular weight is 349 g/mol. The molecular formula is C15H14BrFN4. The average Bonchev–Trinajstić information content (AvgIpc) is 2.75. The quantitative estimate of drug-likeness (QED) is 0.770. The van der Waals surface area contributed by atoms with Crippen molar-refractivity contribution < 1.29 is 4.39 Å². The van der Waals surface area contributed by atoms with Gasteiger partial charge in [0.25, 0.3) is 0 Å². The Morgan fingerprint density at radius 3 is 2.67 bits per heavy atom. The van der Waals surface area contributed by atoms with E-state index in [2.05, 4.69) is 20.9 Å². The number of rotatable bonds is 2. The van der Waals surface area contributed by atoms with Crippen LogP contribution < -0.4 is 10.6 Å². The van der Waals surface area contributed by atoms with Gasteiger partial charge < -0.3 is 10.6 Å². The molecular weight excluding hydrogens is 335 g/mol. The predicted molar refractivity (Wildman–Crippen MR) is 87.0 cm³/mol. The molecule has 2 heterocycles. The van der Waals surface area contributed by atoms with E-state index in [0.29, 0.717) is 27.2 Å². The summed E-state index contributed by atoms with van der Waals surface area (Å²) in [5.74, 6) is 0.0715. The maximum absolute atomic E-state index is 14.1. The summed E-state index contributed by atoms with van der Waals surface area (Å²) in [6.45, 7) is 0. The minimum Gasteiger partial charge on any atom is -0.383 e. The van der Waals surface area contributed by atoms with E-state index < -0.39 is 0 Å². The van der Waals surface area contributed by atoms with Gasteiger partial charge in [-0.15, -0.1) is 0 Å². The number of fused-ring (bicyclic) bond motifs is 1. The van der Waals surface area contributed by atoms with Gasteiger partial charge in [0.1, 0.15) is 23.0 Å². The molecule has 1 aromatic carbocycles. The second-order valence-electron chi connectivity index (χ2n) is 4.98. The Kier molecular flexibility index (Phi) is 3.33. The Labute approximate surface area is 130 Å². The minimum atomic E-state index is -0.354. The van der Waals surface area contributed by atoms with Crippen molar-refractivity contribution in [2.75, 3.05) is 24.7 Å². The van der Waals surface area contributed by atoms with Crippen LogP contribution in [0.5, 0.6) is 0 Å². The molecule has 0 spiro atoms. The molecule has 108 valence electrons. The highest BCUT2D eigenvalue weighted by atomic mass is 79.9. The third-order valence-corrected chi connectivity index (χ3v) is 3.84. The van der Waals surface area contributed by atoms with Gasteiger partial charge in [-0.25, -0.2) is 9.37 Å². The van der Waals surface area contributed by atoms with Gasteiger partial charge in [0.2, 0.25) is 0 Å². The van der Waals surface area contributed by atoms with Gasteiger partial charge in [0.05, 0.1) is 5.69 Å². The smallest absolute Gasteiger partial charge is 0.139 e. The first-order chi connectivity index (χ1) is 9.97. The molecule has 0 fully saturated rings. The molecule has 2 aromatic heterocycles. The lowest BCUT2D eigenvalue weighted by Crippen LogP contribution is -2.09. The van der Waals surface area contributed by atoms with E-state index in [9.17, 15) is 4.39 Å². The first-order valence-electron chi connectivity index (χ1n) is 6.37. The van der Waals surface area contributed by atoms with Crippen molar-refractivity contribution in [3.63, 3.8) is 0 Å². The van der Waals surface area contributed by atoms with E-state index in [0.717, 1.165) is 5.69 Å². The number of imidazole rings is 1. The molecule has 0 radical (unpaired) electrons. The van der Waals surface area contributed by atoms with Gasteiger partial charge in [-0.1, -0.05) is 15.9 Å². The van der Waals surface area contributed by atoms with Gasteiger partial charge in [0.15, 0.2) is 0 Å². The van der Waals surface area contributed by atoms with Crippen LogP contribution in [0.15, 0.2) is 41.0 Å². The summed E-state index contributed by atoms with van der Waals surface area (Å²) in [7, 11) is 3.90.